The van der Waals surface area contributed by atoms with Crippen LogP contribution in [0.15, 0.2) is 79.0 Å². The molecule has 1 N–H and O–H groups in total. The van der Waals surface area contributed by atoms with Crippen molar-refractivity contribution in [2.45, 2.75) is 0 Å². The molecule has 0 saturated heterocycles. The highest BCUT2D eigenvalue weighted by Crippen LogP contribution is 2.20. The van der Waals surface area contributed by atoms with Crippen molar-refractivity contribution >= 4 is 28.7 Å². The first-order valence-corrected chi connectivity index (χ1v) is 9.20. The third-order valence-corrected chi connectivity index (χ3v) is 4.67. The topological polar surface area (TPSA) is 90.5 Å². The molecule has 0 fully saturated rings. The van der Waals surface area contributed by atoms with Gasteiger partial charge in [-0.1, -0.05) is 24.3 Å². The molecular formula is C23H17N5O2. The van der Waals surface area contributed by atoms with Crippen molar-refractivity contribution in [2.24, 2.45) is 0 Å². The maximum absolute atomic E-state index is 13.1. The number of aromatic nitrogens is 2. The zero-order valence-electron chi connectivity index (χ0n) is 16.1. The summed E-state index contributed by atoms with van der Waals surface area (Å²) in [6, 6.07) is 23.1. The van der Waals surface area contributed by atoms with Crippen LogP contribution in [0.25, 0.3) is 5.52 Å². The van der Waals surface area contributed by atoms with E-state index < -0.39 is 5.91 Å². The van der Waals surface area contributed by atoms with Crippen LogP contribution in [0.5, 0.6) is 0 Å². The van der Waals surface area contributed by atoms with Gasteiger partial charge in [-0.3, -0.25) is 14.0 Å². The normalized spacial score (nSPS) is 10.4. The molecule has 4 rings (SSSR count). The molecule has 0 aliphatic carbocycles. The number of nitrogens with one attached hydrogen (secondary N) is 1. The van der Waals surface area contributed by atoms with E-state index in [1.165, 1.54) is 4.90 Å². The van der Waals surface area contributed by atoms with Crippen LogP contribution in [-0.2, 0) is 0 Å². The van der Waals surface area contributed by atoms with Crippen LogP contribution in [0.4, 0.5) is 11.4 Å². The van der Waals surface area contributed by atoms with Crippen LogP contribution in [0.2, 0.25) is 0 Å². The van der Waals surface area contributed by atoms with Gasteiger partial charge in [-0.2, -0.15) is 5.26 Å². The Morgan fingerprint density at radius 2 is 1.70 bits per heavy atom. The Hall–Kier alpha value is -4.44. The van der Waals surface area contributed by atoms with Crippen LogP contribution in [0, 0.1) is 11.3 Å². The van der Waals surface area contributed by atoms with Gasteiger partial charge in [0, 0.05) is 24.6 Å². The maximum Gasteiger partial charge on any atom is 0.292 e. The molecule has 2 heterocycles. The average Bonchev–Trinajstić information content (AvgIpc) is 3.19. The Kier molecular flexibility index (Phi) is 4.97. The summed E-state index contributed by atoms with van der Waals surface area (Å²) in [5, 5.41) is 11.7. The van der Waals surface area contributed by atoms with E-state index in [0.29, 0.717) is 16.8 Å². The molecule has 0 bridgehead atoms. The predicted octanol–water partition coefficient (Wildman–Crippen LogP) is 3.73. The molecule has 7 nitrogen and oxygen atoms in total. The van der Waals surface area contributed by atoms with E-state index in [1.54, 1.807) is 60.1 Å². The Bertz CT molecular complexity index is 1270. The minimum atomic E-state index is -0.456. The molecule has 7 heteroatoms. The third-order valence-electron chi connectivity index (χ3n) is 4.67. The average molecular weight is 395 g/mol. The van der Waals surface area contributed by atoms with Crippen LogP contribution >= 0.6 is 0 Å². The standard InChI is InChI=1S/C23H17N5O2/c1-27(18-7-3-2-4-8-18)23(30)20-19-9-5-6-14-28(19)21(26-20)22(29)25-17-12-10-16(15-24)11-13-17/h2-14H,1H3,(H,25,29). The highest BCUT2D eigenvalue weighted by Gasteiger charge is 2.24. The number of benzene rings is 2. The van der Waals surface area contributed by atoms with E-state index in [0.717, 1.165) is 5.69 Å². The fraction of sp³-hybridized carbons (Fsp3) is 0.0435. The molecule has 2 aromatic carbocycles. The lowest BCUT2D eigenvalue weighted by Crippen LogP contribution is -2.26. The number of anilines is 2. The Morgan fingerprint density at radius 3 is 2.40 bits per heavy atom. The number of carbonyl (C=O) groups excluding carboxylic acids is 2. The van der Waals surface area contributed by atoms with Crippen molar-refractivity contribution in [2.75, 3.05) is 17.3 Å². The lowest BCUT2D eigenvalue weighted by Gasteiger charge is -2.16. The van der Waals surface area contributed by atoms with Crippen molar-refractivity contribution in [3.63, 3.8) is 0 Å². The van der Waals surface area contributed by atoms with E-state index in [1.807, 2.05) is 36.4 Å². The van der Waals surface area contributed by atoms with Crippen LogP contribution in [0.3, 0.4) is 0 Å². The fourth-order valence-corrected chi connectivity index (χ4v) is 3.10. The Labute approximate surface area is 172 Å². The molecule has 0 spiro atoms. The highest BCUT2D eigenvalue weighted by molar-refractivity contribution is 6.11. The lowest BCUT2D eigenvalue weighted by molar-refractivity contribution is 0.0990. The summed E-state index contributed by atoms with van der Waals surface area (Å²) in [5.41, 5.74) is 2.47. The van der Waals surface area contributed by atoms with E-state index in [9.17, 15) is 9.59 Å². The number of hydrogen-bond acceptors (Lipinski definition) is 4. The molecule has 30 heavy (non-hydrogen) atoms. The monoisotopic (exact) mass is 395 g/mol. The molecule has 0 unspecified atom stereocenters. The van der Waals surface area contributed by atoms with Crippen molar-refractivity contribution in [3.05, 3.63) is 96.1 Å². The summed E-state index contributed by atoms with van der Waals surface area (Å²) < 4.78 is 1.59. The minimum absolute atomic E-state index is 0.0970. The van der Waals surface area contributed by atoms with Gasteiger partial charge in [-0.15, -0.1) is 0 Å². The number of amides is 2. The molecule has 0 saturated carbocycles. The summed E-state index contributed by atoms with van der Waals surface area (Å²) in [7, 11) is 1.67. The molecule has 0 aliphatic rings. The first-order chi connectivity index (χ1) is 14.6. The quantitative estimate of drug-likeness (QED) is 0.570. The zero-order chi connectivity index (χ0) is 21.1. The third kappa shape index (κ3) is 3.50. The van der Waals surface area contributed by atoms with Gasteiger partial charge >= 0.3 is 0 Å². The van der Waals surface area contributed by atoms with Crippen LogP contribution < -0.4 is 10.2 Å². The molecule has 2 aromatic heterocycles. The second kappa shape index (κ2) is 7.89. The summed E-state index contributed by atoms with van der Waals surface area (Å²) in [6.45, 7) is 0. The first-order valence-electron chi connectivity index (χ1n) is 9.20. The molecule has 2 amide bonds. The number of imidazole rings is 1. The zero-order valence-corrected chi connectivity index (χ0v) is 16.1. The molecule has 146 valence electrons. The summed E-state index contributed by atoms with van der Waals surface area (Å²) in [5.74, 6) is -0.676. The molecule has 0 aliphatic heterocycles. The second-order valence-electron chi connectivity index (χ2n) is 6.58. The van der Waals surface area contributed by atoms with Crippen molar-refractivity contribution in [1.82, 2.24) is 9.38 Å². The van der Waals surface area contributed by atoms with Gasteiger partial charge in [0.15, 0.2) is 5.69 Å². The van der Waals surface area contributed by atoms with Gasteiger partial charge in [-0.05, 0) is 48.5 Å². The number of fused-ring (bicyclic) bond motifs is 1. The number of carbonyl (C=O) groups is 2. The number of hydrogen-bond donors (Lipinski definition) is 1. The van der Waals surface area contributed by atoms with Crippen molar-refractivity contribution in [3.8, 4) is 6.07 Å². The van der Waals surface area contributed by atoms with Gasteiger partial charge in [0.1, 0.15) is 0 Å². The number of nitriles is 1. The summed E-state index contributed by atoms with van der Waals surface area (Å²) in [6.07, 6.45) is 1.69. The van der Waals surface area contributed by atoms with E-state index in [-0.39, 0.29) is 17.4 Å². The van der Waals surface area contributed by atoms with Gasteiger partial charge in [0.25, 0.3) is 11.8 Å². The van der Waals surface area contributed by atoms with E-state index >= 15 is 0 Å². The Morgan fingerprint density at radius 1 is 1.00 bits per heavy atom. The molecule has 4 aromatic rings. The maximum atomic E-state index is 13.1. The molecule has 0 atom stereocenters. The molecule has 0 radical (unpaired) electrons. The van der Waals surface area contributed by atoms with Gasteiger partial charge in [0.05, 0.1) is 17.1 Å². The second-order valence-corrected chi connectivity index (χ2v) is 6.58. The van der Waals surface area contributed by atoms with Crippen LogP contribution in [-0.4, -0.2) is 28.2 Å². The molecular weight excluding hydrogens is 378 g/mol. The predicted molar refractivity (Wildman–Crippen MR) is 113 cm³/mol. The number of pyridine rings is 1. The van der Waals surface area contributed by atoms with Crippen LogP contribution in [0.1, 0.15) is 26.7 Å². The summed E-state index contributed by atoms with van der Waals surface area (Å²) >= 11 is 0. The highest BCUT2D eigenvalue weighted by atomic mass is 16.2. The SMILES string of the molecule is CN(C(=O)c1nc(C(=O)Nc2ccc(C#N)cc2)n2ccccc12)c1ccccc1. The Balaban J connectivity index is 1.69. The van der Waals surface area contributed by atoms with Crippen molar-refractivity contribution < 1.29 is 9.59 Å². The fourth-order valence-electron chi connectivity index (χ4n) is 3.10. The van der Waals surface area contributed by atoms with Gasteiger partial charge in [-0.25, -0.2) is 4.98 Å². The van der Waals surface area contributed by atoms with Gasteiger partial charge < -0.3 is 10.2 Å². The number of rotatable bonds is 4. The number of nitrogens with zero attached hydrogens (tertiary/aromatic N) is 4. The van der Waals surface area contributed by atoms with E-state index in [2.05, 4.69) is 10.3 Å². The van der Waals surface area contributed by atoms with Gasteiger partial charge in [0.2, 0.25) is 5.82 Å². The summed E-state index contributed by atoms with van der Waals surface area (Å²) in [4.78, 5) is 31.9. The first kappa shape index (κ1) is 18.9. The smallest absolute Gasteiger partial charge is 0.292 e. The number of para-hydroxylation sites is 1. The lowest BCUT2D eigenvalue weighted by atomic mass is 10.2. The van der Waals surface area contributed by atoms with Crippen molar-refractivity contribution in [1.29, 1.82) is 5.26 Å². The largest absolute Gasteiger partial charge is 0.319 e. The minimum Gasteiger partial charge on any atom is -0.319 e. The van der Waals surface area contributed by atoms with E-state index in [4.69, 9.17) is 5.26 Å².